The minimum atomic E-state index is -4.83. The van der Waals surface area contributed by atoms with Gasteiger partial charge in [0.25, 0.3) is 5.91 Å². The van der Waals surface area contributed by atoms with E-state index >= 15 is 0 Å². The number of rotatable bonds is 7. The third-order valence-corrected chi connectivity index (χ3v) is 2.62. The van der Waals surface area contributed by atoms with Crippen molar-refractivity contribution >= 4 is 11.6 Å². The molecule has 0 spiro atoms. The van der Waals surface area contributed by atoms with E-state index in [2.05, 4.69) is 10.1 Å². The first-order chi connectivity index (χ1) is 9.83. The van der Waals surface area contributed by atoms with E-state index in [9.17, 15) is 18.0 Å². The van der Waals surface area contributed by atoms with Crippen LogP contribution >= 0.6 is 0 Å². The lowest BCUT2D eigenvalue weighted by Gasteiger charge is -2.12. The summed E-state index contributed by atoms with van der Waals surface area (Å²) in [5.41, 5.74) is 5.32. The van der Waals surface area contributed by atoms with E-state index in [-0.39, 0.29) is 17.9 Å². The number of carbonyl (C=O) groups excluding carboxylic acids is 1. The number of unbranched alkanes of at least 4 members (excludes halogenated alkanes) is 2. The Balaban J connectivity index is 2.56. The smallest absolute Gasteiger partial charge is 0.404 e. The third kappa shape index (κ3) is 6.35. The Morgan fingerprint density at radius 1 is 1.29 bits per heavy atom. The van der Waals surface area contributed by atoms with Crippen LogP contribution in [0, 0.1) is 0 Å². The summed E-state index contributed by atoms with van der Waals surface area (Å²) in [5, 5.41) is 11.2. The van der Waals surface area contributed by atoms with Crippen LogP contribution in [0.2, 0.25) is 0 Å². The van der Waals surface area contributed by atoms with Crippen LogP contribution in [0.25, 0.3) is 0 Å². The fourth-order valence-electron chi connectivity index (χ4n) is 1.62. The van der Waals surface area contributed by atoms with Gasteiger partial charge in [0.2, 0.25) is 0 Å². The van der Waals surface area contributed by atoms with Crippen LogP contribution in [0.15, 0.2) is 18.2 Å². The molecule has 0 bridgehead atoms. The highest BCUT2D eigenvalue weighted by atomic mass is 19.4. The molecule has 1 aromatic rings. The minimum absolute atomic E-state index is 0.102. The number of amides is 1. The van der Waals surface area contributed by atoms with E-state index in [4.69, 9.17) is 10.8 Å². The van der Waals surface area contributed by atoms with Gasteiger partial charge in [-0.3, -0.25) is 4.79 Å². The molecule has 0 radical (unpaired) electrons. The topological polar surface area (TPSA) is 84.6 Å². The number of aliphatic hydroxyl groups is 1. The number of nitrogen functional groups attached to an aromatic ring is 1. The molecule has 1 rings (SSSR count). The number of hydrogen-bond donors (Lipinski definition) is 3. The Kier molecular flexibility index (Phi) is 6.29. The minimum Gasteiger partial charge on any atom is -0.404 e. The largest absolute Gasteiger partial charge is 0.573 e. The molecule has 0 aliphatic carbocycles. The van der Waals surface area contributed by atoms with Gasteiger partial charge in [-0.15, -0.1) is 13.2 Å². The van der Waals surface area contributed by atoms with Crippen LogP contribution in [0.3, 0.4) is 0 Å². The summed E-state index contributed by atoms with van der Waals surface area (Å²) in [4.78, 5) is 11.7. The Morgan fingerprint density at radius 3 is 2.57 bits per heavy atom. The predicted molar refractivity (Wildman–Crippen MR) is 70.8 cm³/mol. The second-order valence-electron chi connectivity index (χ2n) is 4.34. The van der Waals surface area contributed by atoms with Crippen LogP contribution in [-0.4, -0.2) is 30.5 Å². The van der Waals surface area contributed by atoms with Crippen molar-refractivity contribution in [1.82, 2.24) is 5.32 Å². The molecule has 0 atom stereocenters. The molecule has 1 amide bonds. The van der Waals surface area contributed by atoms with Crippen LogP contribution in [-0.2, 0) is 0 Å². The molecule has 0 aliphatic rings. The number of anilines is 1. The van der Waals surface area contributed by atoms with Crippen LogP contribution in [0.4, 0.5) is 18.9 Å². The summed E-state index contributed by atoms with van der Waals surface area (Å²) >= 11 is 0. The Bertz CT molecular complexity index is 478. The molecule has 21 heavy (non-hydrogen) atoms. The number of alkyl halides is 3. The monoisotopic (exact) mass is 306 g/mol. The van der Waals surface area contributed by atoms with Crippen molar-refractivity contribution in [3.05, 3.63) is 23.8 Å². The summed E-state index contributed by atoms with van der Waals surface area (Å²) in [6.45, 7) is 0.519. The molecule has 8 heteroatoms. The normalized spacial score (nSPS) is 11.2. The Hall–Kier alpha value is -1.96. The predicted octanol–water partition coefficient (Wildman–Crippen LogP) is 2.06. The number of ether oxygens (including phenoxy) is 1. The van der Waals surface area contributed by atoms with Gasteiger partial charge in [-0.1, -0.05) is 0 Å². The van der Waals surface area contributed by atoms with Gasteiger partial charge < -0.3 is 20.9 Å². The molecule has 0 fully saturated rings. The van der Waals surface area contributed by atoms with Gasteiger partial charge in [-0.25, -0.2) is 0 Å². The summed E-state index contributed by atoms with van der Waals surface area (Å²) < 4.78 is 39.9. The van der Waals surface area contributed by atoms with Gasteiger partial charge in [-0.2, -0.15) is 0 Å². The number of nitrogens with one attached hydrogen (secondary N) is 1. The first-order valence-corrected chi connectivity index (χ1v) is 6.38. The van der Waals surface area contributed by atoms with Crippen molar-refractivity contribution in [1.29, 1.82) is 0 Å². The van der Waals surface area contributed by atoms with Gasteiger partial charge in [0, 0.05) is 18.7 Å². The van der Waals surface area contributed by atoms with E-state index in [0.717, 1.165) is 18.6 Å². The van der Waals surface area contributed by atoms with Crippen LogP contribution in [0.5, 0.6) is 5.75 Å². The molecule has 0 unspecified atom stereocenters. The molecule has 0 aliphatic heterocycles. The highest BCUT2D eigenvalue weighted by molar-refractivity contribution is 5.95. The van der Waals surface area contributed by atoms with Crippen molar-refractivity contribution in [3.63, 3.8) is 0 Å². The molecule has 0 heterocycles. The van der Waals surface area contributed by atoms with E-state index < -0.39 is 18.0 Å². The number of halogens is 3. The first kappa shape index (κ1) is 17.1. The second-order valence-corrected chi connectivity index (χ2v) is 4.34. The molecular formula is C13H17F3N2O3. The molecular weight excluding hydrogens is 289 g/mol. The fraction of sp³-hybridized carbons (Fsp3) is 0.462. The highest BCUT2D eigenvalue weighted by Gasteiger charge is 2.32. The average Bonchev–Trinajstić information content (AvgIpc) is 2.39. The van der Waals surface area contributed by atoms with Crippen molar-refractivity contribution in [2.75, 3.05) is 18.9 Å². The lowest BCUT2D eigenvalue weighted by molar-refractivity contribution is -0.274. The maximum absolute atomic E-state index is 12.1. The lowest BCUT2D eigenvalue weighted by atomic mass is 10.1. The fourth-order valence-corrected chi connectivity index (χ4v) is 1.62. The zero-order valence-electron chi connectivity index (χ0n) is 11.2. The molecule has 1 aromatic carbocycles. The Morgan fingerprint density at radius 2 is 2.00 bits per heavy atom. The molecule has 0 saturated carbocycles. The average molecular weight is 306 g/mol. The van der Waals surface area contributed by atoms with Crippen molar-refractivity contribution in [2.24, 2.45) is 0 Å². The molecule has 118 valence electrons. The van der Waals surface area contributed by atoms with E-state index in [1.165, 1.54) is 6.07 Å². The summed E-state index contributed by atoms with van der Waals surface area (Å²) in [6, 6.07) is 3.34. The first-order valence-electron chi connectivity index (χ1n) is 6.38. The van der Waals surface area contributed by atoms with Gasteiger partial charge >= 0.3 is 6.36 Å². The van der Waals surface area contributed by atoms with E-state index in [1.54, 1.807) is 0 Å². The van der Waals surface area contributed by atoms with Crippen LogP contribution in [0.1, 0.15) is 29.6 Å². The third-order valence-electron chi connectivity index (χ3n) is 2.62. The lowest BCUT2D eigenvalue weighted by Crippen LogP contribution is -2.24. The zero-order valence-corrected chi connectivity index (χ0v) is 11.2. The van der Waals surface area contributed by atoms with Gasteiger partial charge in [0.1, 0.15) is 0 Å². The summed E-state index contributed by atoms with van der Waals surface area (Å²) in [7, 11) is 0. The highest BCUT2D eigenvalue weighted by Crippen LogP contribution is 2.28. The maximum atomic E-state index is 12.1. The Labute approximate surface area is 119 Å². The summed E-state index contributed by atoms with van der Waals surface area (Å²) in [5.74, 6) is -0.966. The number of carbonyl (C=O) groups is 1. The van der Waals surface area contributed by atoms with E-state index in [1.807, 2.05) is 0 Å². The number of aliphatic hydroxyl groups excluding tert-OH is 1. The van der Waals surface area contributed by atoms with Crippen molar-refractivity contribution in [2.45, 2.75) is 25.6 Å². The molecule has 0 saturated heterocycles. The number of hydrogen-bond acceptors (Lipinski definition) is 4. The standard InChI is InChI=1S/C13H17F3N2O3/c14-13(15,16)21-11-5-4-9(8-10(11)17)12(20)18-6-2-1-3-7-19/h4-5,8,19H,1-3,6-7,17H2,(H,18,20). The number of benzene rings is 1. The van der Waals surface area contributed by atoms with Crippen LogP contribution < -0.4 is 15.8 Å². The number of nitrogens with two attached hydrogens (primary N) is 1. The van der Waals surface area contributed by atoms with E-state index in [0.29, 0.717) is 19.4 Å². The van der Waals surface area contributed by atoms with Gasteiger partial charge in [-0.05, 0) is 37.5 Å². The summed E-state index contributed by atoms with van der Waals surface area (Å²) in [6.07, 6.45) is -2.69. The quantitative estimate of drug-likeness (QED) is 0.532. The molecule has 4 N–H and O–H groups in total. The molecule has 0 aromatic heterocycles. The SMILES string of the molecule is Nc1cc(C(=O)NCCCCCO)ccc1OC(F)(F)F. The van der Waals surface area contributed by atoms with Gasteiger partial charge in [0.05, 0.1) is 5.69 Å². The maximum Gasteiger partial charge on any atom is 0.573 e. The van der Waals surface area contributed by atoms with Crippen molar-refractivity contribution < 1.29 is 27.8 Å². The van der Waals surface area contributed by atoms with Crippen molar-refractivity contribution in [3.8, 4) is 5.75 Å². The molecule has 5 nitrogen and oxygen atoms in total. The second kappa shape index (κ2) is 7.72. The van der Waals surface area contributed by atoms with Gasteiger partial charge in [0.15, 0.2) is 5.75 Å². The zero-order chi connectivity index (χ0) is 15.9.